The second kappa shape index (κ2) is 6.35. The molecule has 0 aromatic heterocycles. The molecular weight excluding hydrogens is 166 g/mol. The molecule has 0 heterocycles. The molecule has 0 aliphatic carbocycles. The molecule has 3 heteroatoms. The zero-order valence-electron chi connectivity index (χ0n) is 9.52. The highest BCUT2D eigenvalue weighted by atomic mass is 16.5. The van der Waals surface area contributed by atoms with Crippen molar-refractivity contribution in [3.63, 3.8) is 0 Å². The Morgan fingerprint density at radius 2 is 1.62 bits per heavy atom. The fraction of sp³-hybridized carbons (Fsp3) is 1.00. The van der Waals surface area contributed by atoms with E-state index < -0.39 is 0 Å². The molecule has 13 heavy (non-hydrogen) atoms. The average Bonchev–Trinajstić information content (AvgIpc) is 2.04. The number of rotatable bonds is 7. The minimum atomic E-state index is -0.0301. The molecule has 0 aromatic rings. The minimum Gasteiger partial charge on any atom is -0.383 e. The standard InChI is InChI=1S/C10H23NO2/c1-6-10(7-12-4,8-13-5)11-9(2)3/h9,11H,6-8H2,1-5H3. The van der Waals surface area contributed by atoms with Gasteiger partial charge in [0.15, 0.2) is 0 Å². The van der Waals surface area contributed by atoms with Crippen LogP contribution >= 0.6 is 0 Å². The molecule has 0 aliphatic rings. The first-order chi connectivity index (χ1) is 6.10. The lowest BCUT2D eigenvalue weighted by Gasteiger charge is -2.34. The summed E-state index contributed by atoms with van der Waals surface area (Å²) in [5.74, 6) is 0. The second-order valence-electron chi connectivity index (χ2n) is 3.80. The van der Waals surface area contributed by atoms with E-state index in [1.807, 2.05) is 0 Å². The third-order valence-corrected chi connectivity index (χ3v) is 2.11. The van der Waals surface area contributed by atoms with E-state index in [1.54, 1.807) is 14.2 Å². The first kappa shape index (κ1) is 12.9. The average molecular weight is 189 g/mol. The summed E-state index contributed by atoms with van der Waals surface area (Å²) in [7, 11) is 3.45. The van der Waals surface area contributed by atoms with Crippen LogP contribution in [0, 0.1) is 0 Å². The molecule has 0 saturated carbocycles. The molecule has 0 rings (SSSR count). The van der Waals surface area contributed by atoms with Crippen molar-refractivity contribution in [1.82, 2.24) is 5.32 Å². The Balaban J connectivity index is 4.24. The molecule has 0 saturated heterocycles. The van der Waals surface area contributed by atoms with Gasteiger partial charge in [-0.15, -0.1) is 0 Å². The van der Waals surface area contributed by atoms with Gasteiger partial charge in [-0.05, 0) is 6.42 Å². The molecule has 0 aromatic carbocycles. The van der Waals surface area contributed by atoms with Gasteiger partial charge in [0, 0.05) is 20.3 Å². The Morgan fingerprint density at radius 3 is 1.85 bits per heavy atom. The van der Waals surface area contributed by atoms with Gasteiger partial charge in [-0.25, -0.2) is 0 Å². The van der Waals surface area contributed by atoms with E-state index in [0.717, 1.165) is 6.42 Å². The molecule has 1 N–H and O–H groups in total. The van der Waals surface area contributed by atoms with Crippen molar-refractivity contribution in [3.05, 3.63) is 0 Å². The zero-order chi connectivity index (χ0) is 10.3. The monoisotopic (exact) mass is 189 g/mol. The van der Waals surface area contributed by atoms with Gasteiger partial charge < -0.3 is 14.8 Å². The number of hydrogen-bond donors (Lipinski definition) is 1. The van der Waals surface area contributed by atoms with Gasteiger partial charge in [-0.2, -0.15) is 0 Å². The van der Waals surface area contributed by atoms with Gasteiger partial charge in [0.25, 0.3) is 0 Å². The summed E-state index contributed by atoms with van der Waals surface area (Å²) in [6.45, 7) is 7.80. The highest BCUT2D eigenvalue weighted by molar-refractivity contribution is 4.87. The van der Waals surface area contributed by atoms with Crippen LogP contribution in [-0.4, -0.2) is 39.0 Å². The van der Waals surface area contributed by atoms with Crippen LogP contribution in [0.15, 0.2) is 0 Å². The van der Waals surface area contributed by atoms with Crippen LogP contribution in [0.3, 0.4) is 0 Å². The molecule has 3 nitrogen and oxygen atoms in total. The quantitative estimate of drug-likeness (QED) is 0.657. The van der Waals surface area contributed by atoms with Crippen molar-refractivity contribution in [2.75, 3.05) is 27.4 Å². The summed E-state index contributed by atoms with van der Waals surface area (Å²) in [5, 5.41) is 3.49. The third kappa shape index (κ3) is 4.60. The molecule has 0 fully saturated rings. The largest absolute Gasteiger partial charge is 0.383 e. The highest BCUT2D eigenvalue weighted by Gasteiger charge is 2.28. The summed E-state index contributed by atoms with van der Waals surface area (Å²) in [6, 6.07) is 0.449. The topological polar surface area (TPSA) is 30.5 Å². The van der Waals surface area contributed by atoms with Crippen molar-refractivity contribution in [3.8, 4) is 0 Å². The maximum Gasteiger partial charge on any atom is 0.0667 e. The summed E-state index contributed by atoms with van der Waals surface area (Å²) >= 11 is 0. The van der Waals surface area contributed by atoms with Crippen molar-refractivity contribution >= 4 is 0 Å². The Hall–Kier alpha value is -0.120. The van der Waals surface area contributed by atoms with Crippen molar-refractivity contribution < 1.29 is 9.47 Å². The van der Waals surface area contributed by atoms with Crippen molar-refractivity contribution in [1.29, 1.82) is 0 Å². The first-order valence-electron chi connectivity index (χ1n) is 4.85. The molecule has 0 bridgehead atoms. The van der Waals surface area contributed by atoms with Gasteiger partial charge in [0.05, 0.1) is 18.8 Å². The van der Waals surface area contributed by atoms with Gasteiger partial charge in [-0.1, -0.05) is 20.8 Å². The fourth-order valence-corrected chi connectivity index (χ4v) is 1.60. The highest BCUT2D eigenvalue weighted by Crippen LogP contribution is 2.12. The van der Waals surface area contributed by atoms with Gasteiger partial charge in [0.1, 0.15) is 0 Å². The maximum atomic E-state index is 5.21. The SMILES string of the molecule is CCC(COC)(COC)NC(C)C. The number of hydrogen-bond acceptors (Lipinski definition) is 3. The van der Waals surface area contributed by atoms with E-state index in [9.17, 15) is 0 Å². The van der Waals surface area contributed by atoms with Crippen LogP contribution < -0.4 is 5.32 Å². The zero-order valence-corrected chi connectivity index (χ0v) is 9.52. The lowest BCUT2D eigenvalue weighted by molar-refractivity contribution is 0.0346. The van der Waals surface area contributed by atoms with Gasteiger partial charge >= 0.3 is 0 Å². The smallest absolute Gasteiger partial charge is 0.0667 e. The summed E-state index contributed by atoms with van der Waals surface area (Å²) in [6.07, 6.45) is 1.01. The van der Waals surface area contributed by atoms with Gasteiger partial charge in [0.2, 0.25) is 0 Å². The van der Waals surface area contributed by atoms with Crippen LogP contribution in [0.4, 0.5) is 0 Å². The van der Waals surface area contributed by atoms with E-state index in [0.29, 0.717) is 19.3 Å². The third-order valence-electron chi connectivity index (χ3n) is 2.11. The van der Waals surface area contributed by atoms with E-state index in [1.165, 1.54) is 0 Å². The van der Waals surface area contributed by atoms with E-state index >= 15 is 0 Å². The molecule has 0 radical (unpaired) electrons. The molecule has 0 atom stereocenters. The van der Waals surface area contributed by atoms with Crippen LogP contribution in [0.2, 0.25) is 0 Å². The second-order valence-corrected chi connectivity index (χ2v) is 3.80. The number of methoxy groups -OCH3 is 2. The molecule has 80 valence electrons. The summed E-state index contributed by atoms with van der Waals surface area (Å²) in [5.41, 5.74) is -0.0301. The normalized spacial score (nSPS) is 12.5. The van der Waals surface area contributed by atoms with Crippen LogP contribution in [0.5, 0.6) is 0 Å². The molecule has 0 aliphatic heterocycles. The predicted octanol–water partition coefficient (Wildman–Crippen LogP) is 1.43. The number of nitrogens with one attached hydrogen (secondary N) is 1. The first-order valence-corrected chi connectivity index (χ1v) is 4.85. The van der Waals surface area contributed by atoms with Crippen LogP contribution in [-0.2, 0) is 9.47 Å². The molecular formula is C10H23NO2. The predicted molar refractivity (Wildman–Crippen MR) is 55.0 cm³/mol. The Bertz CT molecular complexity index is 120. The van der Waals surface area contributed by atoms with Crippen molar-refractivity contribution in [2.24, 2.45) is 0 Å². The minimum absolute atomic E-state index is 0.0301. The lowest BCUT2D eigenvalue weighted by Crippen LogP contribution is -2.54. The molecule has 0 amide bonds. The Kier molecular flexibility index (Phi) is 6.29. The lowest BCUT2D eigenvalue weighted by atomic mass is 9.97. The van der Waals surface area contributed by atoms with Crippen LogP contribution in [0.25, 0.3) is 0 Å². The Labute approximate surface area is 81.8 Å². The van der Waals surface area contributed by atoms with E-state index in [2.05, 4.69) is 26.1 Å². The van der Waals surface area contributed by atoms with Crippen molar-refractivity contribution in [2.45, 2.75) is 38.8 Å². The maximum absolute atomic E-state index is 5.21. The number of ether oxygens (including phenoxy) is 2. The van der Waals surface area contributed by atoms with E-state index in [4.69, 9.17) is 9.47 Å². The summed E-state index contributed by atoms with van der Waals surface area (Å²) < 4.78 is 10.4. The summed E-state index contributed by atoms with van der Waals surface area (Å²) in [4.78, 5) is 0. The van der Waals surface area contributed by atoms with E-state index in [-0.39, 0.29) is 5.54 Å². The van der Waals surface area contributed by atoms with Crippen LogP contribution in [0.1, 0.15) is 27.2 Å². The molecule has 0 unspecified atom stereocenters. The molecule has 0 spiro atoms. The fourth-order valence-electron chi connectivity index (χ4n) is 1.60. The Morgan fingerprint density at radius 1 is 1.15 bits per heavy atom. The van der Waals surface area contributed by atoms with Gasteiger partial charge in [-0.3, -0.25) is 0 Å².